The van der Waals surface area contributed by atoms with Gasteiger partial charge in [-0.1, -0.05) is 6.07 Å². The standard InChI is InChI=1S/C28H36N6O4/c1-27(2)19-28(36-3,7-9-30-27)21-4-5-23(29-15-21)20-14-25-24(6-8-31-34(25)16-20)32-10-12-33(13-11-32)26(35)38-22-17-37-18-22/h4-6,8,14-16,22,30H,7,9-13,17-19H2,1-3H3. The maximum absolute atomic E-state index is 12.4. The summed E-state index contributed by atoms with van der Waals surface area (Å²) in [6, 6.07) is 8.41. The lowest BCUT2D eigenvalue weighted by molar-refractivity contribution is -0.104. The van der Waals surface area contributed by atoms with Gasteiger partial charge in [0.15, 0.2) is 6.10 Å². The van der Waals surface area contributed by atoms with Gasteiger partial charge in [-0.15, -0.1) is 0 Å². The number of anilines is 1. The first-order valence-corrected chi connectivity index (χ1v) is 13.4. The van der Waals surface area contributed by atoms with Crippen molar-refractivity contribution in [2.75, 3.05) is 57.9 Å². The van der Waals surface area contributed by atoms with Gasteiger partial charge in [-0.05, 0) is 51.4 Å². The number of nitrogens with zero attached hydrogens (tertiary/aromatic N) is 5. The van der Waals surface area contributed by atoms with E-state index in [-0.39, 0.29) is 23.3 Å². The first kappa shape index (κ1) is 25.1. The first-order chi connectivity index (χ1) is 18.4. The minimum Gasteiger partial charge on any atom is -0.441 e. The van der Waals surface area contributed by atoms with E-state index in [4.69, 9.17) is 19.2 Å². The highest BCUT2D eigenvalue weighted by Crippen LogP contribution is 2.40. The molecule has 6 rings (SSSR count). The van der Waals surface area contributed by atoms with Crippen LogP contribution in [0.1, 0.15) is 32.3 Å². The number of hydrogen-bond donors (Lipinski definition) is 1. The fraction of sp³-hybridized carbons (Fsp3) is 0.536. The van der Waals surface area contributed by atoms with Crippen LogP contribution in [-0.4, -0.2) is 90.3 Å². The smallest absolute Gasteiger partial charge is 0.410 e. The summed E-state index contributed by atoms with van der Waals surface area (Å²) in [5.74, 6) is 0. The van der Waals surface area contributed by atoms with E-state index >= 15 is 0 Å². The summed E-state index contributed by atoms with van der Waals surface area (Å²) in [5.41, 5.74) is 4.81. The second-order valence-electron chi connectivity index (χ2n) is 11.2. The van der Waals surface area contributed by atoms with Crippen molar-refractivity contribution in [1.82, 2.24) is 24.8 Å². The van der Waals surface area contributed by atoms with E-state index < -0.39 is 0 Å². The Morgan fingerprint density at radius 2 is 1.97 bits per heavy atom. The Morgan fingerprint density at radius 1 is 1.16 bits per heavy atom. The molecule has 10 nitrogen and oxygen atoms in total. The number of ether oxygens (including phenoxy) is 3. The van der Waals surface area contributed by atoms with Gasteiger partial charge in [-0.25, -0.2) is 9.31 Å². The molecule has 1 N–H and O–H groups in total. The zero-order valence-electron chi connectivity index (χ0n) is 22.4. The van der Waals surface area contributed by atoms with Gasteiger partial charge in [0.25, 0.3) is 0 Å². The fourth-order valence-electron chi connectivity index (χ4n) is 5.88. The van der Waals surface area contributed by atoms with Crippen LogP contribution in [0.15, 0.2) is 42.9 Å². The number of hydrogen-bond acceptors (Lipinski definition) is 8. The number of methoxy groups -OCH3 is 1. The van der Waals surface area contributed by atoms with Crippen LogP contribution in [0, 0.1) is 0 Å². The van der Waals surface area contributed by atoms with Crippen molar-refractivity contribution in [3.05, 3.63) is 48.4 Å². The number of piperazine rings is 1. The van der Waals surface area contributed by atoms with Crippen molar-refractivity contribution in [1.29, 1.82) is 0 Å². The van der Waals surface area contributed by atoms with Crippen LogP contribution in [0.2, 0.25) is 0 Å². The molecule has 38 heavy (non-hydrogen) atoms. The molecule has 10 heteroatoms. The van der Waals surface area contributed by atoms with Crippen molar-refractivity contribution in [2.45, 2.75) is 43.9 Å². The number of nitrogens with one attached hydrogen (secondary N) is 1. The summed E-state index contributed by atoms with van der Waals surface area (Å²) in [5, 5.41) is 8.12. The molecule has 1 unspecified atom stereocenters. The number of piperidine rings is 1. The van der Waals surface area contributed by atoms with E-state index in [1.54, 1.807) is 12.0 Å². The van der Waals surface area contributed by atoms with Gasteiger partial charge in [-0.2, -0.15) is 5.10 Å². The molecule has 3 aliphatic rings. The molecule has 0 saturated carbocycles. The van der Waals surface area contributed by atoms with Crippen LogP contribution in [0.4, 0.5) is 10.5 Å². The van der Waals surface area contributed by atoms with E-state index in [2.05, 4.69) is 47.4 Å². The molecule has 3 aromatic heterocycles. The maximum Gasteiger partial charge on any atom is 0.410 e. The summed E-state index contributed by atoms with van der Waals surface area (Å²) in [6.07, 6.45) is 7.26. The molecule has 3 aliphatic heterocycles. The summed E-state index contributed by atoms with van der Waals surface area (Å²) >= 11 is 0. The van der Waals surface area contributed by atoms with Crippen LogP contribution in [0.3, 0.4) is 0 Å². The predicted octanol–water partition coefficient (Wildman–Crippen LogP) is 3.06. The monoisotopic (exact) mass is 520 g/mol. The van der Waals surface area contributed by atoms with Gasteiger partial charge in [0.05, 0.1) is 35.7 Å². The molecule has 0 aromatic carbocycles. The molecule has 6 heterocycles. The molecule has 0 aliphatic carbocycles. The molecule has 3 fully saturated rings. The van der Waals surface area contributed by atoms with E-state index in [1.165, 1.54) is 0 Å². The van der Waals surface area contributed by atoms with Crippen molar-refractivity contribution in [2.24, 2.45) is 0 Å². The van der Waals surface area contributed by atoms with Crippen LogP contribution in [-0.2, 0) is 19.8 Å². The molecular formula is C28H36N6O4. The van der Waals surface area contributed by atoms with E-state index in [1.807, 2.05) is 29.2 Å². The lowest BCUT2D eigenvalue weighted by Crippen LogP contribution is -2.53. The molecule has 0 bridgehead atoms. The quantitative estimate of drug-likeness (QED) is 0.549. The zero-order valence-corrected chi connectivity index (χ0v) is 22.4. The first-order valence-electron chi connectivity index (χ1n) is 13.4. The fourth-order valence-corrected chi connectivity index (χ4v) is 5.88. The summed E-state index contributed by atoms with van der Waals surface area (Å²) < 4.78 is 18.6. The van der Waals surface area contributed by atoms with E-state index in [9.17, 15) is 4.79 Å². The minimum atomic E-state index is -0.333. The average Bonchev–Trinajstić information content (AvgIpc) is 3.35. The maximum atomic E-state index is 12.4. The Kier molecular flexibility index (Phi) is 6.49. The number of aromatic nitrogens is 3. The molecule has 202 valence electrons. The van der Waals surface area contributed by atoms with Crippen molar-refractivity contribution >= 4 is 17.3 Å². The Bertz CT molecular complexity index is 1300. The molecule has 3 saturated heterocycles. The number of fused-ring (bicyclic) bond motifs is 1. The highest BCUT2D eigenvalue weighted by molar-refractivity contribution is 5.79. The van der Waals surface area contributed by atoms with Crippen molar-refractivity contribution < 1.29 is 19.0 Å². The lowest BCUT2D eigenvalue weighted by atomic mass is 9.77. The third-order valence-corrected chi connectivity index (χ3v) is 8.08. The largest absolute Gasteiger partial charge is 0.441 e. The molecular weight excluding hydrogens is 484 g/mol. The zero-order chi connectivity index (χ0) is 26.3. The van der Waals surface area contributed by atoms with Crippen molar-refractivity contribution in [3.8, 4) is 11.3 Å². The number of carbonyl (C=O) groups excluding carboxylic acids is 1. The third kappa shape index (κ3) is 4.72. The van der Waals surface area contributed by atoms with Crippen LogP contribution in [0.5, 0.6) is 0 Å². The van der Waals surface area contributed by atoms with Gasteiger partial charge >= 0.3 is 6.09 Å². The predicted molar refractivity (Wildman–Crippen MR) is 143 cm³/mol. The second-order valence-corrected chi connectivity index (χ2v) is 11.2. The number of pyridine rings is 1. The van der Waals surface area contributed by atoms with Crippen molar-refractivity contribution in [3.63, 3.8) is 0 Å². The van der Waals surface area contributed by atoms with Gasteiger partial charge in [-0.3, -0.25) is 4.98 Å². The van der Waals surface area contributed by atoms with Crippen LogP contribution >= 0.6 is 0 Å². The summed E-state index contributed by atoms with van der Waals surface area (Å²) in [7, 11) is 1.80. The molecule has 0 spiro atoms. The van der Waals surface area contributed by atoms with Crippen LogP contribution in [0.25, 0.3) is 16.8 Å². The number of carbonyl (C=O) groups is 1. The third-order valence-electron chi connectivity index (χ3n) is 8.08. The van der Waals surface area contributed by atoms with Gasteiger partial charge in [0, 0.05) is 68.5 Å². The van der Waals surface area contributed by atoms with Gasteiger partial charge in [0.2, 0.25) is 0 Å². The Labute approximate surface area is 222 Å². The second kappa shape index (κ2) is 9.83. The van der Waals surface area contributed by atoms with Crippen LogP contribution < -0.4 is 10.2 Å². The highest BCUT2D eigenvalue weighted by atomic mass is 16.6. The Hall–Kier alpha value is -3.21. The molecule has 3 aromatic rings. The van der Waals surface area contributed by atoms with E-state index in [0.717, 1.165) is 60.5 Å². The minimum absolute atomic E-state index is 0.00634. The van der Waals surface area contributed by atoms with E-state index in [0.29, 0.717) is 26.3 Å². The number of amides is 1. The molecule has 1 atom stereocenters. The molecule has 0 radical (unpaired) electrons. The topological polar surface area (TPSA) is 93.5 Å². The Balaban J connectivity index is 1.18. The average molecular weight is 521 g/mol. The lowest BCUT2D eigenvalue weighted by Gasteiger charge is -2.45. The summed E-state index contributed by atoms with van der Waals surface area (Å²) in [4.78, 5) is 21.3. The molecule has 1 amide bonds. The normalized spacial score (nSPS) is 23.9. The number of rotatable bonds is 5. The SMILES string of the molecule is COC1(c2ccc(-c3cc4c(N5CCN(C(=O)OC6COC6)CC5)ccnn4c3)nc2)CCNC(C)(C)C1. The van der Waals surface area contributed by atoms with Gasteiger partial charge in [0.1, 0.15) is 0 Å². The Morgan fingerprint density at radius 3 is 2.63 bits per heavy atom. The van der Waals surface area contributed by atoms with Gasteiger partial charge < -0.3 is 29.3 Å². The highest BCUT2D eigenvalue weighted by Gasteiger charge is 2.41. The summed E-state index contributed by atoms with van der Waals surface area (Å²) in [6.45, 7) is 9.03.